The van der Waals surface area contributed by atoms with Crippen LogP contribution in [0, 0.1) is 5.92 Å². The second-order valence-corrected chi connectivity index (χ2v) is 5.26. The van der Waals surface area contributed by atoms with E-state index in [1.165, 1.54) is 12.8 Å². The van der Waals surface area contributed by atoms with E-state index in [1.807, 2.05) is 0 Å². The number of hydrogen-bond donors (Lipinski definition) is 1. The number of nitrogens with two attached hydrogens (primary N) is 1. The molecule has 0 unspecified atom stereocenters. The van der Waals surface area contributed by atoms with Gasteiger partial charge in [0.25, 0.3) is 0 Å². The van der Waals surface area contributed by atoms with Crippen molar-refractivity contribution in [3.8, 4) is 0 Å². The summed E-state index contributed by atoms with van der Waals surface area (Å²) < 4.78 is 44.8. The van der Waals surface area contributed by atoms with Gasteiger partial charge in [-0.25, -0.2) is 0 Å². The van der Waals surface area contributed by atoms with Crippen molar-refractivity contribution in [1.29, 1.82) is 0 Å². The Morgan fingerprint density at radius 2 is 1.84 bits per heavy atom. The lowest BCUT2D eigenvalue weighted by molar-refractivity contribution is -0.328. The predicted octanol–water partition coefficient (Wildman–Crippen LogP) is 3.23. The van der Waals surface area contributed by atoms with Gasteiger partial charge in [0.15, 0.2) is 0 Å². The van der Waals surface area contributed by atoms with E-state index in [1.54, 1.807) is 0 Å². The van der Waals surface area contributed by atoms with Gasteiger partial charge in [-0.15, -0.1) is 13.2 Å². The van der Waals surface area contributed by atoms with Crippen molar-refractivity contribution in [2.75, 3.05) is 19.8 Å². The van der Waals surface area contributed by atoms with E-state index in [4.69, 9.17) is 10.5 Å². The lowest BCUT2D eigenvalue weighted by Crippen LogP contribution is -2.44. The fourth-order valence-electron chi connectivity index (χ4n) is 2.72. The summed E-state index contributed by atoms with van der Waals surface area (Å²) in [4.78, 5) is 0. The van der Waals surface area contributed by atoms with Gasteiger partial charge in [0.05, 0.1) is 18.8 Å². The average Bonchev–Trinajstić information content (AvgIpc) is 2.36. The number of halogens is 3. The summed E-state index contributed by atoms with van der Waals surface area (Å²) in [6.45, 7) is 1.99. The van der Waals surface area contributed by atoms with Crippen LogP contribution in [0.4, 0.5) is 13.2 Å². The third-order valence-corrected chi connectivity index (χ3v) is 3.84. The highest BCUT2D eigenvalue weighted by Crippen LogP contribution is 2.36. The van der Waals surface area contributed by atoms with Crippen molar-refractivity contribution in [2.45, 2.75) is 57.4 Å². The summed E-state index contributed by atoms with van der Waals surface area (Å²) in [7, 11) is 0. The molecule has 0 amide bonds. The zero-order valence-electron chi connectivity index (χ0n) is 11.5. The van der Waals surface area contributed by atoms with Gasteiger partial charge in [-0.05, 0) is 31.6 Å². The summed E-state index contributed by atoms with van der Waals surface area (Å²) in [6.07, 6.45) is 1.55. The Kier molecular flexibility index (Phi) is 6.56. The van der Waals surface area contributed by atoms with E-state index < -0.39 is 18.6 Å². The zero-order valence-corrected chi connectivity index (χ0v) is 11.5. The standard InChI is InChI=1S/C13H24F3NO2/c1-2-3-11-4-6-12(10-17,7-5-11)18-8-9-19-13(14,15)16/h11H,2-10,17H2,1H3. The van der Waals surface area contributed by atoms with Gasteiger partial charge < -0.3 is 10.5 Å². The molecule has 19 heavy (non-hydrogen) atoms. The largest absolute Gasteiger partial charge is 0.522 e. The molecule has 1 aliphatic rings. The minimum Gasteiger partial charge on any atom is -0.371 e. The molecule has 0 aromatic heterocycles. The van der Waals surface area contributed by atoms with Gasteiger partial charge in [0.2, 0.25) is 0 Å². The maximum Gasteiger partial charge on any atom is 0.522 e. The van der Waals surface area contributed by atoms with Crippen LogP contribution in [0.5, 0.6) is 0 Å². The molecular weight excluding hydrogens is 259 g/mol. The molecule has 1 rings (SSSR count). The van der Waals surface area contributed by atoms with Crippen LogP contribution in [0.2, 0.25) is 0 Å². The van der Waals surface area contributed by atoms with Gasteiger partial charge in [-0.3, -0.25) is 4.74 Å². The molecule has 1 fully saturated rings. The normalized spacial score (nSPS) is 28.6. The zero-order chi connectivity index (χ0) is 14.4. The summed E-state index contributed by atoms with van der Waals surface area (Å²) >= 11 is 0. The van der Waals surface area contributed by atoms with Crippen LogP contribution in [-0.4, -0.2) is 31.7 Å². The molecular formula is C13H24F3NO2. The lowest BCUT2D eigenvalue weighted by Gasteiger charge is -2.39. The Morgan fingerprint density at radius 3 is 2.32 bits per heavy atom. The maximum absolute atomic E-state index is 11.8. The molecule has 1 aliphatic carbocycles. The van der Waals surface area contributed by atoms with Crippen molar-refractivity contribution < 1.29 is 22.6 Å². The van der Waals surface area contributed by atoms with Crippen LogP contribution in [0.3, 0.4) is 0 Å². The van der Waals surface area contributed by atoms with Crippen molar-refractivity contribution in [3.63, 3.8) is 0 Å². The molecule has 0 saturated heterocycles. The Bertz CT molecular complexity index is 251. The van der Waals surface area contributed by atoms with Crippen molar-refractivity contribution >= 4 is 0 Å². The van der Waals surface area contributed by atoms with Crippen LogP contribution in [0.25, 0.3) is 0 Å². The smallest absolute Gasteiger partial charge is 0.371 e. The van der Waals surface area contributed by atoms with Crippen LogP contribution in [0.1, 0.15) is 45.4 Å². The van der Waals surface area contributed by atoms with E-state index in [0.29, 0.717) is 12.5 Å². The van der Waals surface area contributed by atoms with E-state index in [9.17, 15) is 13.2 Å². The SMILES string of the molecule is CCCC1CCC(CN)(OCCOC(F)(F)F)CC1. The molecule has 0 spiro atoms. The Morgan fingerprint density at radius 1 is 1.21 bits per heavy atom. The molecule has 3 nitrogen and oxygen atoms in total. The molecule has 2 N–H and O–H groups in total. The first-order chi connectivity index (χ1) is 8.91. The lowest BCUT2D eigenvalue weighted by atomic mass is 9.77. The molecule has 0 heterocycles. The first kappa shape index (κ1) is 16.7. The average molecular weight is 283 g/mol. The predicted molar refractivity (Wildman–Crippen MR) is 66.6 cm³/mol. The molecule has 0 aromatic rings. The number of hydrogen-bond acceptors (Lipinski definition) is 3. The number of alkyl halides is 3. The Labute approximate surface area is 112 Å². The van der Waals surface area contributed by atoms with E-state index in [2.05, 4.69) is 11.7 Å². The second-order valence-electron chi connectivity index (χ2n) is 5.26. The quantitative estimate of drug-likeness (QED) is 0.730. The van der Waals surface area contributed by atoms with Crippen LogP contribution >= 0.6 is 0 Å². The molecule has 6 heteroatoms. The van der Waals surface area contributed by atoms with Gasteiger partial charge in [0.1, 0.15) is 0 Å². The first-order valence-electron chi connectivity index (χ1n) is 6.95. The minimum atomic E-state index is -4.59. The number of ether oxygens (including phenoxy) is 2. The van der Waals surface area contributed by atoms with Gasteiger partial charge in [-0.1, -0.05) is 19.8 Å². The molecule has 114 valence electrons. The van der Waals surface area contributed by atoms with E-state index in [0.717, 1.165) is 25.7 Å². The second kappa shape index (κ2) is 7.45. The minimum absolute atomic E-state index is 0.0604. The highest BCUT2D eigenvalue weighted by atomic mass is 19.4. The summed E-state index contributed by atoms with van der Waals surface area (Å²) in [5.74, 6) is 0.708. The molecule has 0 atom stereocenters. The van der Waals surface area contributed by atoms with Gasteiger partial charge in [-0.2, -0.15) is 0 Å². The van der Waals surface area contributed by atoms with Crippen LogP contribution in [-0.2, 0) is 9.47 Å². The highest BCUT2D eigenvalue weighted by molar-refractivity contribution is 4.88. The fraction of sp³-hybridized carbons (Fsp3) is 1.00. The van der Waals surface area contributed by atoms with E-state index >= 15 is 0 Å². The molecule has 1 saturated carbocycles. The van der Waals surface area contributed by atoms with Crippen molar-refractivity contribution in [3.05, 3.63) is 0 Å². The van der Waals surface area contributed by atoms with E-state index in [-0.39, 0.29) is 6.61 Å². The molecule has 0 aliphatic heterocycles. The molecule has 0 aromatic carbocycles. The summed E-state index contributed by atoms with van der Waals surface area (Å²) in [5, 5.41) is 0. The summed E-state index contributed by atoms with van der Waals surface area (Å²) in [5.41, 5.74) is 5.29. The monoisotopic (exact) mass is 283 g/mol. The van der Waals surface area contributed by atoms with Crippen LogP contribution in [0.15, 0.2) is 0 Å². The fourth-order valence-corrected chi connectivity index (χ4v) is 2.72. The van der Waals surface area contributed by atoms with Gasteiger partial charge in [0, 0.05) is 6.54 Å². The topological polar surface area (TPSA) is 44.5 Å². The van der Waals surface area contributed by atoms with Gasteiger partial charge >= 0.3 is 6.36 Å². The van der Waals surface area contributed by atoms with Crippen molar-refractivity contribution in [1.82, 2.24) is 0 Å². The first-order valence-corrected chi connectivity index (χ1v) is 6.95. The third kappa shape index (κ3) is 6.10. The summed E-state index contributed by atoms with van der Waals surface area (Å²) in [6, 6.07) is 0. The Hall–Kier alpha value is -0.330. The molecule has 0 bridgehead atoms. The molecule has 0 radical (unpaired) electrons. The Balaban J connectivity index is 2.29. The van der Waals surface area contributed by atoms with Crippen molar-refractivity contribution in [2.24, 2.45) is 11.7 Å². The highest BCUT2D eigenvalue weighted by Gasteiger charge is 2.35. The van der Waals surface area contributed by atoms with Crippen LogP contribution < -0.4 is 5.73 Å². The number of rotatable bonds is 7. The maximum atomic E-state index is 11.8. The third-order valence-electron chi connectivity index (χ3n) is 3.84.